The third kappa shape index (κ3) is 1.82. The second-order valence-electron chi connectivity index (χ2n) is 3.55. The van der Waals surface area contributed by atoms with Crippen molar-refractivity contribution in [2.45, 2.75) is 0 Å². The molecular formula is C16H14. The maximum Gasteiger partial charge on any atom is -0.0178 e. The van der Waals surface area contributed by atoms with Crippen LogP contribution in [0.5, 0.6) is 0 Å². The zero-order valence-corrected chi connectivity index (χ0v) is 9.19. The van der Waals surface area contributed by atoms with Gasteiger partial charge in [-0.25, -0.2) is 0 Å². The average molecular weight is 206 g/mol. The highest BCUT2D eigenvalue weighted by atomic mass is 14.0. The van der Waals surface area contributed by atoms with Crippen molar-refractivity contribution in [3.63, 3.8) is 0 Å². The van der Waals surface area contributed by atoms with Crippen LogP contribution in [0.2, 0.25) is 0 Å². The molecule has 0 saturated heterocycles. The molecule has 0 heteroatoms. The Morgan fingerprint density at radius 3 is 1.00 bits per heavy atom. The molecule has 0 aromatic heterocycles. The number of hydrogen-bond acceptors (Lipinski definition) is 0. The molecule has 0 unspecified atom stereocenters. The third-order valence-electron chi connectivity index (χ3n) is 2.61. The molecule has 0 radical (unpaired) electrons. The van der Waals surface area contributed by atoms with Crippen LogP contribution < -0.4 is 0 Å². The molecule has 3 aromatic rings. The Morgan fingerprint density at radius 2 is 0.750 bits per heavy atom. The van der Waals surface area contributed by atoms with Gasteiger partial charge in [-0.15, -0.1) is 13.2 Å². The molecule has 0 aliphatic rings. The van der Waals surface area contributed by atoms with Crippen molar-refractivity contribution in [2.24, 2.45) is 0 Å². The van der Waals surface area contributed by atoms with E-state index in [1.165, 1.54) is 21.5 Å². The van der Waals surface area contributed by atoms with E-state index >= 15 is 0 Å². The van der Waals surface area contributed by atoms with E-state index in [0.29, 0.717) is 0 Å². The Bertz CT molecular complexity index is 503. The van der Waals surface area contributed by atoms with Crippen LogP contribution in [0.4, 0.5) is 0 Å². The molecule has 16 heavy (non-hydrogen) atoms. The standard InChI is InChI=1S/C14H10.C2H4/c1-2-6-12-10-14-8-4-3-7-13(14)9-11(12)5-1;1-2/h1-10H;1-2H2. The molecule has 3 aromatic carbocycles. The van der Waals surface area contributed by atoms with Gasteiger partial charge in [0.1, 0.15) is 0 Å². The monoisotopic (exact) mass is 206 g/mol. The maximum atomic E-state index is 3.00. The minimum absolute atomic E-state index is 1.31. The molecular weight excluding hydrogens is 192 g/mol. The van der Waals surface area contributed by atoms with Gasteiger partial charge in [0, 0.05) is 0 Å². The molecule has 0 saturated carbocycles. The first-order chi connectivity index (χ1) is 7.93. The van der Waals surface area contributed by atoms with Gasteiger partial charge < -0.3 is 0 Å². The molecule has 0 spiro atoms. The first-order valence-corrected chi connectivity index (χ1v) is 5.31. The van der Waals surface area contributed by atoms with Gasteiger partial charge in [-0.1, -0.05) is 48.5 Å². The SMILES string of the molecule is C=C.c1ccc2cc3ccccc3cc2c1. The Kier molecular flexibility index (Phi) is 3.02. The van der Waals surface area contributed by atoms with Crippen molar-refractivity contribution in [3.8, 4) is 0 Å². The Hall–Kier alpha value is -2.08. The molecule has 3 rings (SSSR count). The fraction of sp³-hybridized carbons (Fsp3) is 0. The van der Waals surface area contributed by atoms with E-state index in [-0.39, 0.29) is 0 Å². The first kappa shape index (κ1) is 10.4. The fourth-order valence-corrected chi connectivity index (χ4v) is 1.88. The van der Waals surface area contributed by atoms with Gasteiger partial charge in [0.25, 0.3) is 0 Å². The second kappa shape index (κ2) is 4.63. The van der Waals surface area contributed by atoms with Gasteiger partial charge in [0.2, 0.25) is 0 Å². The summed E-state index contributed by atoms with van der Waals surface area (Å²) in [7, 11) is 0. The van der Waals surface area contributed by atoms with Crippen LogP contribution >= 0.6 is 0 Å². The highest BCUT2D eigenvalue weighted by molar-refractivity contribution is 5.97. The summed E-state index contributed by atoms with van der Waals surface area (Å²) in [5.74, 6) is 0. The third-order valence-corrected chi connectivity index (χ3v) is 2.61. The van der Waals surface area contributed by atoms with E-state index in [4.69, 9.17) is 0 Å². The molecule has 0 aliphatic heterocycles. The van der Waals surface area contributed by atoms with Crippen molar-refractivity contribution in [1.29, 1.82) is 0 Å². The predicted octanol–water partition coefficient (Wildman–Crippen LogP) is 4.80. The van der Waals surface area contributed by atoms with Crippen LogP contribution in [0.15, 0.2) is 73.8 Å². The van der Waals surface area contributed by atoms with Gasteiger partial charge in [-0.05, 0) is 33.7 Å². The summed E-state index contributed by atoms with van der Waals surface area (Å²) in [6.07, 6.45) is 0. The van der Waals surface area contributed by atoms with Crippen molar-refractivity contribution in [3.05, 3.63) is 73.8 Å². The summed E-state index contributed by atoms with van der Waals surface area (Å²) >= 11 is 0. The lowest BCUT2D eigenvalue weighted by Gasteiger charge is -2.00. The molecule has 0 N–H and O–H groups in total. The fourth-order valence-electron chi connectivity index (χ4n) is 1.88. The highest BCUT2D eigenvalue weighted by Gasteiger charge is 1.95. The normalized spacial score (nSPS) is 9.75. The van der Waals surface area contributed by atoms with Crippen LogP contribution in [-0.2, 0) is 0 Å². The summed E-state index contributed by atoms with van der Waals surface area (Å²) in [5.41, 5.74) is 0. The number of benzene rings is 3. The Morgan fingerprint density at radius 1 is 0.500 bits per heavy atom. The predicted molar refractivity (Wildman–Crippen MR) is 72.7 cm³/mol. The van der Waals surface area contributed by atoms with Crippen molar-refractivity contribution >= 4 is 21.5 Å². The Balaban J connectivity index is 0.000000457. The molecule has 0 fully saturated rings. The van der Waals surface area contributed by atoms with Crippen LogP contribution in [0, 0.1) is 0 Å². The van der Waals surface area contributed by atoms with Gasteiger partial charge in [0.15, 0.2) is 0 Å². The van der Waals surface area contributed by atoms with E-state index in [0.717, 1.165) is 0 Å². The van der Waals surface area contributed by atoms with Gasteiger partial charge in [0.05, 0.1) is 0 Å². The molecule has 0 atom stereocenters. The van der Waals surface area contributed by atoms with Crippen LogP contribution in [-0.4, -0.2) is 0 Å². The summed E-state index contributed by atoms with van der Waals surface area (Å²) in [6, 6.07) is 21.4. The van der Waals surface area contributed by atoms with Crippen molar-refractivity contribution in [1.82, 2.24) is 0 Å². The lowest BCUT2D eigenvalue weighted by atomic mass is 10.0. The summed E-state index contributed by atoms with van der Waals surface area (Å²) in [4.78, 5) is 0. The molecule has 0 aliphatic carbocycles. The van der Waals surface area contributed by atoms with Gasteiger partial charge in [-0.3, -0.25) is 0 Å². The van der Waals surface area contributed by atoms with E-state index in [9.17, 15) is 0 Å². The minimum Gasteiger partial charge on any atom is -0.106 e. The maximum absolute atomic E-state index is 3.00. The molecule has 0 heterocycles. The van der Waals surface area contributed by atoms with Crippen LogP contribution in [0.1, 0.15) is 0 Å². The van der Waals surface area contributed by atoms with Crippen molar-refractivity contribution < 1.29 is 0 Å². The molecule has 0 bridgehead atoms. The lowest BCUT2D eigenvalue weighted by Crippen LogP contribution is -1.74. The lowest BCUT2D eigenvalue weighted by molar-refractivity contribution is 1.76. The van der Waals surface area contributed by atoms with E-state index in [1.54, 1.807) is 0 Å². The summed E-state index contributed by atoms with van der Waals surface area (Å²) in [5, 5.41) is 5.25. The first-order valence-electron chi connectivity index (χ1n) is 5.31. The summed E-state index contributed by atoms with van der Waals surface area (Å²) in [6.45, 7) is 6.00. The van der Waals surface area contributed by atoms with E-state index in [2.05, 4.69) is 73.8 Å². The van der Waals surface area contributed by atoms with Crippen LogP contribution in [0.3, 0.4) is 0 Å². The highest BCUT2D eigenvalue weighted by Crippen LogP contribution is 2.21. The zero-order chi connectivity index (χ0) is 11.4. The smallest absolute Gasteiger partial charge is 0.0178 e. The summed E-state index contributed by atoms with van der Waals surface area (Å²) < 4.78 is 0. The molecule has 78 valence electrons. The van der Waals surface area contributed by atoms with E-state index < -0.39 is 0 Å². The largest absolute Gasteiger partial charge is 0.106 e. The quantitative estimate of drug-likeness (QED) is 0.366. The topological polar surface area (TPSA) is 0 Å². The van der Waals surface area contributed by atoms with Gasteiger partial charge >= 0.3 is 0 Å². The van der Waals surface area contributed by atoms with Crippen molar-refractivity contribution in [2.75, 3.05) is 0 Å². The van der Waals surface area contributed by atoms with Gasteiger partial charge in [-0.2, -0.15) is 0 Å². The Labute approximate surface area is 95.8 Å². The zero-order valence-electron chi connectivity index (χ0n) is 9.19. The number of hydrogen-bond donors (Lipinski definition) is 0. The molecule has 0 nitrogen and oxygen atoms in total. The molecule has 0 amide bonds. The minimum atomic E-state index is 1.31. The van der Waals surface area contributed by atoms with E-state index in [1.807, 2.05) is 0 Å². The number of fused-ring (bicyclic) bond motifs is 2. The average Bonchev–Trinajstić information content (AvgIpc) is 2.38. The second-order valence-corrected chi connectivity index (χ2v) is 3.55. The number of rotatable bonds is 0. The van der Waals surface area contributed by atoms with Crippen LogP contribution in [0.25, 0.3) is 21.5 Å².